The fourth-order valence-electron chi connectivity index (χ4n) is 10.9. The maximum Gasteiger partial charge on any atom is 0.159 e. The van der Waals surface area contributed by atoms with Crippen LogP contribution in [0.15, 0.2) is 11.6 Å². The number of fused-ring (bicyclic) bond motifs is 6. The summed E-state index contributed by atoms with van der Waals surface area (Å²) in [4.78, 5) is 13.6. The van der Waals surface area contributed by atoms with Gasteiger partial charge in [0.15, 0.2) is 5.78 Å². The van der Waals surface area contributed by atoms with E-state index in [0.29, 0.717) is 17.8 Å². The molecule has 0 amide bonds. The summed E-state index contributed by atoms with van der Waals surface area (Å²) in [6.45, 7) is 16.3. The molecular weight excluding hydrogens is 408 g/mol. The number of hydrogen-bond donors (Lipinski definition) is 2. The Kier molecular flexibility index (Phi) is 5.24. The summed E-state index contributed by atoms with van der Waals surface area (Å²) in [7, 11) is 0. The van der Waals surface area contributed by atoms with E-state index in [1.165, 1.54) is 31.3 Å². The van der Waals surface area contributed by atoms with Gasteiger partial charge in [0.1, 0.15) is 0 Å². The summed E-state index contributed by atoms with van der Waals surface area (Å²) in [5.74, 6) is 1.86. The van der Waals surface area contributed by atoms with E-state index in [1.807, 2.05) is 6.08 Å². The number of carbonyl (C=O) groups is 1. The molecule has 3 heteroatoms. The Bertz CT molecular complexity index is 870. The molecule has 0 radical (unpaired) electrons. The average molecular weight is 457 g/mol. The van der Waals surface area contributed by atoms with Gasteiger partial charge in [-0.2, -0.15) is 0 Å². The molecule has 5 aliphatic rings. The van der Waals surface area contributed by atoms with E-state index in [2.05, 4.69) is 48.5 Å². The predicted molar refractivity (Wildman–Crippen MR) is 132 cm³/mol. The number of allylic oxidation sites excluding steroid dienone is 2. The molecule has 0 spiro atoms. The fraction of sp³-hybridized carbons (Fsp3) is 0.900. The second kappa shape index (κ2) is 7.19. The van der Waals surface area contributed by atoms with Crippen molar-refractivity contribution in [3.05, 3.63) is 11.6 Å². The number of carbonyl (C=O) groups excluding carboxylic acids is 1. The Morgan fingerprint density at radius 3 is 2.00 bits per heavy atom. The molecule has 9 atom stereocenters. The van der Waals surface area contributed by atoms with Crippen molar-refractivity contribution in [1.29, 1.82) is 0 Å². The SMILES string of the molecule is CC1(C)[C@@H](O)CC[C@@]2(C)[C@H]1CC[C@@]1(C)CC3=CC(=O)[C@H]4C(C)(C)[C@H](O)CC[C@]4(C)[C@H]3CC[C@@H]12. The van der Waals surface area contributed by atoms with Gasteiger partial charge in [-0.05, 0) is 103 Å². The molecular formula is C30H48O3. The van der Waals surface area contributed by atoms with Crippen molar-refractivity contribution in [3.63, 3.8) is 0 Å². The minimum Gasteiger partial charge on any atom is -0.393 e. The minimum absolute atomic E-state index is 0.0246. The molecule has 0 aromatic carbocycles. The Labute approximate surface area is 201 Å². The molecule has 5 aliphatic carbocycles. The van der Waals surface area contributed by atoms with E-state index < -0.39 is 6.10 Å². The lowest BCUT2D eigenvalue weighted by molar-refractivity contribution is -0.170. The van der Waals surface area contributed by atoms with Crippen LogP contribution >= 0.6 is 0 Å². The van der Waals surface area contributed by atoms with Gasteiger partial charge in [0.25, 0.3) is 0 Å². The molecule has 0 saturated heterocycles. The molecule has 0 heterocycles. The molecule has 33 heavy (non-hydrogen) atoms. The van der Waals surface area contributed by atoms with Gasteiger partial charge in [-0.15, -0.1) is 0 Å². The molecule has 2 N–H and O–H groups in total. The molecule has 4 fully saturated rings. The average Bonchev–Trinajstić information content (AvgIpc) is 2.85. The number of aliphatic hydroxyl groups excluding tert-OH is 2. The quantitative estimate of drug-likeness (QED) is 0.448. The van der Waals surface area contributed by atoms with Gasteiger partial charge in [0.2, 0.25) is 0 Å². The third kappa shape index (κ3) is 3.09. The first-order valence-electron chi connectivity index (χ1n) is 13.8. The zero-order chi connectivity index (χ0) is 24.2. The zero-order valence-corrected chi connectivity index (χ0v) is 22.2. The van der Waals surface area contributed by atoms with Gasteiger partial charge in [-0.1, -0.05) is 54.0 Å². The lowest BCUT2D eigenvalue weighted by Crippen LogP contribution is -2.58. The largest absolute Gasteiger partial charge is 0.393 e. The molecule has 0 aliphatic heterocycles. The van der Waals surface area contributed by atoms with Crippen LogP contribution in [0.25, 0.3) is 0 Å². The normalized spacial score (nSPS) is 53.0. The van der Waals surface area contributed by atoms with Gasteiger partial charge in [0.05, 0.1) is 12.2 Å². The van der Waals surface area contributed by atoms with Crippen molar-refractivity contribution in [2.24, 2.45) is 50.7 Å². The molecule has 4 saturated carbocycles. The third-order valence-corrected chi connectivity index (χ3v) is 12.6. The van der Waals surface area contributed by atoms with Crippen molar-refractivity contribution in [1.82, 2.24) is 0 Å². The van der Waals surface area contributed by atoms with Crippen molar-refractivity contribution in [2.45, 2.75) is 118 Å². The second-order valence-electron chi connectivity index (χ2n) is 14.9. The second-order valence-corrected chi connectivity index (χ2v) is 14.9. The van der Waals surface area contributed by atoms with Gasteiger partial charge in [-0.25, -0.2) is 0 Å². The van der Waals surface area contributed by atoms with Crippen LogP contribution in [0.1, 0.15) is 106 Å². The van der Waals surface area contributed by atoms with E-state index in [0.717, 1.165) is 32.1 Å². The zero-order valence-electron chi connectivity index (χ0n) is 22.2. The third-order valence-electron chi connectivity index (χ3n) is 12.6. The Morgan fingerprint density at radius 2 is 1.33 bits per heavy atom. The highest BCUT2D eigenvalue weighted by molar-refractivity contribution is 5.95. The highest BCUT2D eigenvalue weighted by Crippen LogP contribution is 2.70. The Balaban J connectivity index is 1.54. The summed E-state index contributed by atoms with van der Waals surface area (Å²) in [5, 5.41) is 21.7. The number of ketones is 1. The summed E-state index contributed by atoms with van der Waals surface area (Å²) < 4.78 is 0. The summed E-state index contributed by atoms with van der Waals surface area (Å²) >= 11 is 0. The standard InChI is InChI=1S/C30H48O3/c1-26(2)21-10-13-28(5)17-18-16-20(31)25-27(3,4)24(33)11-14-29(25,6)19(18)8-9-22(28)30(21,7)15-12-23(26)32/h16,19,21-25,32-33H,8-15,17H2,1-7H3/t19-,21-,22-,23-,24+,25-,28-,29+,30-/m0/s1. The van der Waals surface area contributed by atoms with Gasteiger partial charge in [0, 0.05) is 11.3 Å². The molecule has 0 aromatic rings. The lowest BCUT2D eigenvalue weighted by Gasteiger charge is -2.63. The number of hydrogen-bond acceptors (Lipinski definition) is 3. The summed E-state index contributed by atoms with van der Waals surface area (Å²) in [6.07, 6.45) is 11.1. The molecule has 5 rings (SSSR count). The first-order chi connectivity index (χ1) is 15.2. The highest BCUT2D eigenvalue weighted by atomic mass is 16.3. The molecule has 0 aromatic heterocycles. The smallest absolute Gasteiger partial charge is 0.159 e. The summed E-state index contributed by atoms with van der Waals surface area (Å²) in [6, 6.07) is 0. The first-order valence-corrected chi connectivity index (χ1v) is 13.8. The van der Waals surface area contributed by atoms with Gasteiger partial charge in [-0.3, -0.25) is 4.79 Å². The van der Waals surface area contributed by atoms with Crippen molar-refractivity contribution >= 4 is 5.78 Å². The fourth-order valence-corrected chi connectivity index (χ4v) is 10.9. The molecule has 186 valence electrons. The topological polar surface area (TPSA) is 57.5 Å². The van der Waals surface area contributed by atoms with E-state index in [-0.39, 0.29) is 44.9 Å². The molecule has 0 bridgehead atoms. The van der Waals surface area contributed by atoms with Crippen LogP contribution in [0, 0.1) is 50.7 Å². The van der Waals surface area contributed by atoms with Crippen LogP contribution in [0.5, 0.6) is 0 Å². The minimum atomic E-state index is -0.393. The van der Waals surface area contributed by atoms with Crippen LogP contribution in [-0.2, 0) is 4.79 Å². The number of rotatable bonds is 0. The summed E-state index contributed by atoms with van der Waals surface area (Å²) in [5.41, 5.74) is 1.48. The van der Waals surface area contributed by atoms with E-state index in [9.17, 15) is 15.0 Å². The molecule has 3 nitrogen and oxygen atoms in total. The van der Waals surface area contributed by atoms with E-state index in [1.54, 1.807) is 0 Å². The van der Waals surface area contributed by atoms with Crippen LogP contribution in [0.3, 0.4) is 0 Å². The van der Waals surface area contributed by atoms with E-state index >= 15 is 0 Å². The maximum absolute atomic E-state index is 13.6. The Morgan fingerprint density at radius 1 is 0.727 bits per heavy atom. The van der Waals surface area contributed by atoms with Gasteiger partial charge >= 0.3 is 0 Å². The Hall–Kier alpha value is -0.670. The van der Waals surface area contributed by atoms with Crippen LogP contribution in [0.4, 0.5) is 0 Å². The van der Waals surface area contributed by atoms with Crippen molar-refractivity contribution in [2.75, 3.05) is 0 Å². The monoisotopic (exact) mass is 456 g/mol. The predicted octanol–water partition coefficient (Wildman–Crippen LogP) is 6.32. The number of aliphatic hydroxyl groups is 2. The van der Waals surface area contributed by atoms with Crippen molar-refractivity contribution < 1.29 is 15.0 Å². The van der Waals surface area contributed by atoms with Crippen LogP contribution < -0.4 is 0 Å². The lowest BCUT2D eigenvalue weighted by atomic mass is 9.42. The van der Waals surface area contributed by atoms with Crippen molar-refractivity contribution in [3.8, 4) is 0 Å². The van der Waals surface area contributed by atoms with Crippen LogP contribution in [0.2, 0.25) is 0 Å². The maximum atomic E-state index is 13.6. The van der Waals surface area contributed by atoms with E-state index in [4.69, 9.17) is 0 Å². The van der Waals surface area contributed by atoms with Gasteiger partial charge < -0.3 is 10.2 Å². The molecule has 0 unspecified atom stereocenters. The first kappa shape index (κ1) is 24.0. The van der Waals surface area contributed by atoms with Crippen LogP contribution in [-0.4, -0.2) is 28.2 Å². The highest BCUT2D eigenvalue weighted by Gasteiger charge is 2.64.